The second-order valence-electron chi connectivity index (χ2n) is 5.40. The van der Waals surface area contributed by atoms with Gasteiger partial charge in [0.25, 0.3) is 0 Å². The molecule has 0 amide bonds. The zero-order valence-electron chi connectivity index (χ0n) is 12.7. The predicted molar refractivity (Wildman–Crippen MR) is 96.8 cm³/mol. The van der Waals surface area contributed by atoms with Crippen LogP contribution in [0.3, 0.4) is 0 Å². The van der Waals surface area contributed by atoms with Crippen molar-refractivity contribution in [2.75, 3.05) is 7.11 Å². The standard InChI is InChI=1S/C17H12FIN4O/c1-24-13-6-11-4-10(2-3-15(11)20-8-13)5-16-21-22-17-14(18)7-12(19)9-23(16)17/h2-4,6-9H,5H2,1H3. The fourth-order valence-electron chi connectivity index (χ4n) is 2.65. The van der Waals surface area contributed by atoms with Crippen LogP contribution in [0.1, 0.15) is 11.4 Å². The van der Waals surface area contributed by atoms with E-state index in [4.69, 9.17) is 4.74 Å². The van der Waals surface area contributed by atoms with Gasteiger partial charge in [-0.3, -0.25) is 9.38 Å². The summed E-state index contributed by atoms with van der Waals surface area (Å²) in [6.07, 6.45) is 4.08. The highest BCUT2D eigenvalue weighted by molar-refractivity contribution is 14.1. The lowest BCUT2D eigenvalue weighted by Crippen LogP contribution is -1.98. The van der Waals surface area contributed by atoms with Crippen molar-refractivity contribution in [3.63, 3.8) is 0 Å². The molecule has 5 nitrogen and oxygen atoms in total. The summed E-state index contributed by atoms with van der Waals surface area (Å²) in [4.78, 5) is 4.35. The Hall–Kier alpha value is -2.29. The molecule has 0 fully saturated rings. The lowest BCUT2D eigenvalue weighted by Gasteiger charge is -2.05. The summed E-state index contributed by atoms with van der Waals surface area (Å²) in [5.74, 6) is 1.04. The van der Waals surface area contributed by atoms with Crippen molar-refractivity contribution < 1.29 is 9.13 Å². The largest absolute Gasteiger partial charge is 0.495 e. The van der Waals surface area contributed by atoms with Crippen molar-refractivity contribution in [3.8, 4) is 5.75 Å². The Balaban J connectivity index is 1.76. The number of aromatic nitrogens is 4. The summed E-state index contributed by atoms with van der Waals surface area (Å²) >= 11 is 2.08. The van der Waals surface area contributed by atoms with Gasteiger partial charge in [0.05, 0.1) is 18.8 Å². The minimum atomic E-state index is -0.368. The highest BCUT2D eigenvalue weighted by Gasteiger charge is 2.11. The van der Waals surface area contributed by atoms with E-state index < -0.39 is 0 Å². The molecule has 0 unspecified atom stereocenters. The molecule has 1 aromatic carbocycles. The molecule has 3 heterocycles. The van der Waals surface area contributed by atoms with Gasteiger partial charge in [-0.15, -0.1) is 10.2 Å². The Labute approximate surface area is 150 Å². The number of hydrogen-bond acceptors (Lipinski definition) is 4. The normalized spacial score (nSPS) is 11.3. The molecule has 24 heavy (non-hydrogen) atoms. The van der Waals surface area contributed by atoms with Crippen LogP contribution in [0.15, 0.2) is 42.7 Å². The van der Waals surface area contributed by atoms with Gasteiger partial charge in [-0.2, -0.15) is 0 Å². The van der Waals surface area contributed by atoms with E-state index in [9.17, 15) is 4.39 Å². The van der Waals surface area contributed by atoms with E-state index in [2.05, 4.69) is 37.8 Å². The van der Waals surface area contributed by atoms with Crippen molar-refractivity contribution >= 4 is 39.1 Å². The van der Waals surface area contributed by atoms with Crippen LogP contribution in [-0.2, 0) is 6.42 Å². The predicted octanol–water partition coefficient (Wildman–Crippen LogP) is 3.62. The van der Waals surface area contributed by atoms with E-state index >= 15 is 0 Å². The number of nitrogens with zero attached hydrogens (tertiary/aromatic N) is 4. The first-order valence-electron chi connectivity index (χ1n) is 7.25. The number of hydrogen-bond donors (Lipinski definition) is 0. The van der Waals surface area contributed by atoms with Crippen LogP contribution in [0.25, 0.3) is 16.6 Å². The Morgan fingerprint density at radius 3 is 2.92 bits per heavy atom. The Morgan fingerprint density at radius 2 is 2.08 bits per heavy atom. The number of pyridine rings is 2. The molecule has 0 saturated carbocycles. The Kier molecular flexibility index (Phi) is 3.79. The fourth-order valence-corrected chi connectivity index (χ4v) is 3.21. The molecular weight excluding hydrogens is 422 g/mol. The summed E-state index contributed by atoms with van der Waals surface area (Å²) in [7, 11) is 1.62. The number of methoxy groups -OCH3 is 1. The number of halogens is 2. The van der Waals surface area contributed by atoms with Gasteiger partial charge in [0, 0.05) is 21.6 Å². The van der Waals surface area contributed by atoms with E-state index in [1.165, 1.54) is 6.07 Å². The molecule has 0 radical (unpaired) electrons. The lowest BCUT2D eigenvalue weighted by atomic mass is 10.1. The number of benzene rings is 1. The SMILES string of the molecule is COc1cnc2ccc(Cc3nnc4c(F)cc(I)cn34)cc2c1. The van der Waals surface area contributed by atoms with E-state index in [1.807, 2.05) is 30.5 Å². The molecule has 0 saturated heterocycles. The topological polar surface area (TPSA) is 52.3 Å². The van der Waals surface area contributed by atoms with Crippen LogP contribution in [0.4, 0.5) is 4.39 Å². The first-order valence-corrected chi connectivity index (χ1v) is 8.33. The molecule has 0 atom stereocenters. The summed E-state index contributed by atoms with van der Waals surface area (Å²) in [6.45, 7) is 0. The van der Waals surface area contributed by atoms with Crippen LogP contribution < -0.4 is 4.74 Å². The zero-order chi connectivity index (χ0) is 16.7. The van der Waals surface area contributed by atoms with Gasteiger partial charge < -0.3 is 4.74 Å². The lowest BCUT2D eigenvalue weighted by molar-refractivity contribution is 0.414. The van der Waals surface area contributed by atoms with Crippen LogP contribution in [0.2, 0.25) is 0 Å². The maximum Gasteiger partial charge on any atom is 0.196 e. The first kappa shape index (κ1) is 15.3. The molecule has 3 aromatic heterocycles. The van der Waals surface area contributed by atoms with Crippen molar-refractivity contribution in [2.45, 2.75) is 6.42 Å². The van der Waals surface area contributed by atoms with Gasteiger partial charge in [0.2, 0.25) is 0 Å². The smallest absolute Gasteiger partial charge is 0.196 e. The van der Waals surface area contributed by atoms with Gasteiger partial charge in [-0.1, -0.05) is 6.07 Å². The molecule has 4 aromatic rings. The van der Waals surface area contributed by atoms with E-state index in [0.29, 0.717) is 18.0 Å². The highest BCUT2D eigenvalue weighted by Crippen LogP contribution is 2.21. The van der Waals surface area contributed by atoms with E-state index in [-0.39, 0.29) is 11.5 Å². The van der Waals surface area contributed by atoms with Crippen LogP contribution >= 0.6 is 22.6 Å². The molecule has 0 bridgehead atoms. The molecule has 7 heteroatoms. The molecule has 0 aliphatic rings. The van der Waals surface area contributed by atoms with Crippen molar-refractivity contribution in [2.24, 2.45) is 0 Å². The summed E-state index contributed by atoms with van der Waals surface area (Å²) in [5, 5.41) is 9.07. The maximum atomic E-state index is 13.9. The molecule has 0 N–H and O–H groups in total. The molecule has 4 rings (SSSR count). The monoisotopic (exact) mass is 434 g/mol. The van der Waals surface area contributed by atoms with E-state index in [0.717, 1.165) is 20.0 Å². The van der Waals surface area contributed by atoms with Crippen molar-refractivity contribution in [1.82, 2.24) is 19.6 Å². The maximum absolute atomic E-state index is 13.9. The minimum absolute atomic E-state index is 0.245. The third kappa shape index (κ3) is 2.68. The third-order valence-corrected chi connectivity index (χ3v) is 4.41. The first-order chi connectivity index (χ1) is 11.6. The quantitative estimate of drug-likeness (QED) is 0.463. The van der Waals surface area contributed by atoms with Crippen molar-refractivity contribution in [1.29, 1.82) is 0 Å². The average Bonchev–Trinajstić information content (AvgIpc) is 2.97. The molecule has 120 valence electrons. The van der Waals surface area contributed by atoms with Crippen LogP contribution in [0, 0.1) is 9.39 Å². The number of ether oxygens (including phenoxy) is 1. The zero-order valence-corrected chi connectivity index (χ0v) is 14.9. The van der Waals surface area contributed by atoms with Gasteiger partial charge in [0.1, 0.15) is 11.6 Å². The Bertz CT molecular complexity index is 1060. The van der Waals surface area contributed by atoms with Crippen LogP contribution in [0.5, 0.6) is 5.75 Å². The second-order valence-corrected chi connectivity index (χ2v) is 6.64. The van der Waals surface area contributed by atoms with Gasteiger partial charge in [-0.25, -0.2) is 4.39 Å². The number of fused-ring (bicyclic) bond motifs is 2. The molecular formula is C17H12FIN4O. The van der Waals surface area contributed by atoms with Gasteiger partial charge >= 0.3 is 0 Å². The molecule has 0 aliphatic carbocycles. The molecule has 0 aliphatic heterocycles. The summed E-state index contributed by atoms with van der Waals surface area (Å²) in [5.41, 5.74) is 2.19. The Morgan fingerprint density at radius 1 is 1.21 bits per heavy atom. The van der Waals surface area contributed by atoms with Crippen molar-refractivity contribution in [3.05, 3.63) is 63.5 Å². The third-order valence-electron chi connectivity index (χ3n) is 3.82. The minimum Gasteiger partial charge on any atom is -0.495 e. The van der Waals surface area contributed by atoms with Gasteiger partial charge in [-0.05, 0) is 52.4 Å². The van der Waals surface area contributed by atoms with Gasteiger partial charge in [0.15, 0.2) is 11.5 Å². The summed E-state index contributed by atoms with van der Waals surface area (Å²) < 4.78 is 21.7. The molecule has 0 spiro atoms. The van der Waals surface area contributed by atoms with Crippen LogP contribution in [-0.4, -0.2) is 26.7 Å². The highest BCUT2D eigenvalue weighted by atomic mass is 127. The fraction of sp³-hybridized carbons (Fsp3) is 0.118. The number of rotatable bonds is 3. The summed E-state index contributed by atoms with van der Waals surface area (Å²) in [6, 6.07) is 9.37. The average molecular weight is 434 g/mol. The second kappa shape index (κ2) is 5.97. The van der Waals surface area contributed by atoms with E-state index in [1.54, 1.807) is 17.7 Å².